The highest BCUT2D eigenvalue weighted by Crippen LogP contribution is 2.35. The largest absolute Gasteiger partial charge is 0.508 e. The molecule has 6 heteroatoms. The highest BCUT2D eigenvalue weighted by atomic mass is 32.2. The number of aromatic hydroxyl groups is 2. The van der Waals surface area contributed by atoms with Crippen molar-refractivity contribution in [3.63, 3.8) is 0 Å². The minimum absolute atomic E-state index is 0.0975. The van der Waals surface area contributed by atoms with Gasteiger partial charge in [0.2, 0.25) is 0 Å². The van der Waals surface area contributed by atoms with Gasteiger partial charge in [-0.15, -0.1) is 0 Å². The second-order valence-corrected chi connectivity index (χ2v) is 7.77. The van der Waals surface area contributed by atoms with Crippen molar-refractivity contribution < 1.29 is 22.8 Å². The highest BCUT2D eigenvalue weighted by Gasteiger charge is 2.17. The normalized spacial score (nSPS) is 11.4. The molecule has 0 radical (unpaired) electrons. The zero-order chi connectivity index (χ0) is 19.6. The van der Waals surface area contributed by atoms with E-state index in [4.69, 9.17) is 8.37 Å². The molecule has 0 spiro atoms. The first kappa shape index (κ1) is 20.1. The molecule has 0 heterocycles. The molecular formula is C20H26O5S. The average Bonchev–Trinajstić information content (AvgIpc) is 2.51. The summed E-state index contributed by atoms with van der Waals surface area (Å²) in [6.07, 6.45) is 0. The van der Waals surface area contributed by atoms with Gasteiger partial charge in [-0.3, -0.25) is 0 Å². The minimum Gasteiger partial charge on any atom is -0.508 e. The van der Waals surface area contributed by atoms with Crippen LogP contribution in [0.15, 0.2) is 24.3 Å². The molecule has 0 atom stereocenters. The molecule has 0 aromatic heterocycles. The van der Waals surface area contributed by atoms with Crippen molar-refractivity contribution in [1.82, 2.24) is 0 Å². The number of phenolic OH excluding ortho intramolecular Hbond substituents is 2. The Bertz CT molecular complexity index is 760. The Labute approximate surface area is 157 Å². The summed E-state index contributed by atoms with van der Waals surface area (Å²) in [4.78, 5) is 0. The molecule has 26 heavy (non-hydrogen) atoms. The van der Waals surface area contributed by atoms with Gasteiger partial charge in [-0.05, 0) is 61.1 Å². The molecule has 2 aromatic rings. The van der Waals surface area contributed by atoms with Crippen LogP contribution in [0.5, 0.6) is 23.0 Å². The average molecular weight is 378 g/mol. The summed E-state index contributed by atoms with van der Waals surface area (Å²) < 4.78 is 23.3. The van der Waals surface area contributed by atoms with Gasteiger partial charge in [-0.1, -0.05) is 27.7 Å². The number of hydrogen-bond acceptors (Lipinski definition) is 5. The van der Waals surface area contributed by atoms with Gasteiger partial charge in [-0.25, -0.2) is 0 Å². The molecule has 0 aliphatic heterocycles. The van der Waals surface area contributed by atoms with Gasteiger partial charge in [0.25, 0.3) is 0 Å². The van der Waals surface area contributed by atoms with E-state index >= 15 is 0 Å². The fraction of sp³-hybridized carbons (Fsp3) is 0.400. The van der Waals surface area contributed by atoms with Crippen LogP contribution in [0.25, 0.3) is 0 Å². The molecule has 0 aliphatic carbocycles. The lowest BCUT2D eigenvalue weighted by atomic mass is 10.00. The fourth-order valence-electron chi connectivity index (χ4n) is 2.65. The van der Waals surface area contributed by atoms with Gasteiger partial charge >= 0.3 is 11.4 Å². The summed E-state index contributed by atoms with van der Waals surface area (Å²) in [5, 5.41) is 20.0. The molecule has 0 bridgehead atoms. The van der Waals surface area contributed by atoms with Crippen LogP contribution in [0, 0.1) is 13.8 Å². The Balaban J connectivity index is 2.25. The molecule has 2 rings (SSSR count). The molecular weight excluding hydrogens is 352 g/mol. The lowest BCUT2D eigenvalue weighted by Crippen LogP contribution is -2.10. The van der Waals surface area contributed by atoms with Crippen molar-refractivity contribution >= 4 is 11.4 Å². The van der Waals surface area contributed by atoms with E-state index in [-0.39, 0.29) is 23.3 Å². The molecule has 0 unspecified atom stereocenters. The number of phenols is 2. The van der Waals surface area contributed by atoms with E-state index in [0.29, 0.717) is 33.8 Å². The van der Waals surface area contributed by atoms with Gasteiger partial charge in [0.15, 0.2) is 0 Å². The lowest BCUT2D eigenvalue weighted by Gasteiger charge is -2.15. The van der Waals surface area contributed by atoms with Gasteiger partial charge in [0.1, 0.15) is 23.0 Å². The summed E-state index contributed by atoms with van der Waals surface area (Å²) in [7, 11) is 0. The second-order valence-electron chi connectivity index (χ2n) is 7.03. The highest BCUT2D eigenvalue weighted by molar-refractivity contribution is 7.75. The Hall–Kier alpha value is -2.21. The van der Waals surface area contributed by atoms with Crippen LogP contribution in [0.4, 0.5) is 0 Å². The van der Waals surface area contributed by atoms with E-state index < -0.39 is 11.4 Å². The maximum absolute atomic E-state index is 12.4. The van der Waals surface area contributed by atoms with Crippen molar-refractivity contribution in [2.75, 3.05) is 0 Å². The summed E-state index contributed by atoms with van der Waals surface area (Å²) in [5.41, 5.74) is 2.75. The second kappa shape index (κ2) is 7.99. The molecule has 142 valence electrons. The zero-order valence-corrected chi connectivity index (χ0v) is 16.8. The molecule has 2 aromatic carbocycles. The van der Waals surface area contributed by atoms with Gasteiger partial charge in [0.05, 0.1) is 0 Å². The zero-order valence-electron chi connectivity index (χ0n) is 16.0. The molecule has 0 saturated heterocycles. The first-order valence-electron chi connectivity index (χ1n) is 8.55. The van der Waals surface area contributed by atoms with Crippen LogP contribution in [-0.2, 0) is 11.4 Å². The number of hydrogen-bond donors (Lipinski definition) is 2. The topological polar surface area (TPSA) is 76.0 Å². The Morgan fingerprint density at radius 1 is 0.769 bits per heavy atom. The van der Waals surface area contributed by atoms with Gasteiger partial charge in [-0.2, -0.15) is 4.21 Å². The third kappa shape index (κ3) is 4.49. The maximum Gasteiger partial charge on any atom is 0.417 e. The van der Waals surface area contributed by atoms with Crippen molar-refractivity contribution in [1.29, 1.82) is 0 Å². The number of aryl methyl sites for hydroxylation is 2. The van der Waals surface area contributed by atoms with Crippen LogP contribution in [-0.4, -0.2) is 14.4 Å². The Morgan fingerprint density at radius 2 is 1.12 bits per heavy atom. The molecule has 2 N–H and O–H groups in total. The Morgan fingerprint density at radius 3 is 1.42 bits per heavy atom. The number of rotatable bonds is 6. The summed E-state index contributed by atoms with van der Waals surface area (Å²) in [5.74, 6) is 1.36. The van der Waals surface area contributed by atoms with E-state index in [0.717, 1.165) is 0 Å². The standard InChI is InChI=1S/C20H26O5S/c1-11(2)15-9-19(13(5)7-17(15)21)24-26(23)25-20-10-16(12(3)4)18(22)8-14(20)6/h7-12,21-22H,1-6H3. The van der Waals surface area contributed by atoms with E-state index in [1.807, 2.05) is 27.7 Å². The van der Waals surface area contributed by atoms with Gasteiger partial charge < -0.3 is 18.6 Å². The lowest BCUT2D eigenvalue weighted by molar-refractivity contribution is 0.444. The third-order valence-corrected chi connectivity index (χ3v) is 4.84. The van der Waals surface area contributed by atoms with E-state index in [1.165, 1.54) is 0 Å². The van der Waals surface area contributed by atoms with Crippen LogP contribution in [0.2, 0.25) is 0 Å². The molecule has 0 aliphatic rings. The first-order valence-corrected chi connectivity index (χ1v) is 9.55. The summed E-state index contributed by atoms with van der Waals surface area (Å²) in [6.45, 7) is 11.3. The van der Waals surface area contributed by atoms with Gasteiger partial charge in [0, 0.05) is 11.1 Å². The Kier molecular flexibility index (Phi) is 6.18. The summed E-state index contributed by atoms with van der Waals surface area (Å²) in [6, 6.07) is 6.54. The predicted molar refractivity (Wildman–Crippen MR) is 103 cm³/mol. The molecule has 0 saturated carbocycles. The van der Waals surface area contributed by atoms with Crippen LogP contribution < -0.4 is 8.37 Å². The molecule has 5 nitrogen and oxygen atoms in total. The third-order valence-electron chi connectivity index (χ3n) is 4.21. The molecule has 0 fully saturated rings. The van der Waals surface area contributed by atoms with Crippen molar-refractivity contribution in [2.24, 2.45) is 0 Å². The fourth-order valence-corrected chi connectivity index (χ4v) is 3.33. The van der Waals surface area contributed by atoms with Crippen molar-refractivity contribution in [3.8, 4) is 23.0 Å². The van der Waals surface area contributed by atoms with Crippen LogP contribution in [0.1, 0.15) is 61.8 Å². The smallest absolute Gasteiger partial charge is 0.417 e. The SMILES string of the molecule is Cc1cc(O)c(C(C)C)cc1OS(=O)Oc1cc(C(C)C)c(O)cc1C. The van der Waals surface area contributed by atoms with E-state index in [9.17, 15) is 14.4 Å². The van der Waals surface area contributed by atoms with E-state index in [2.05, 4.69) is 0 Å². The minimum atomic E-state index is -2.06. The van der Waals surface area contributed by atoms with Crippen LogP contribution >= 0.6 is 0 Å². The maximum atomic E-state index is 12.4. The van der Waals surface area contributed by atoms with Crippen LogP contribution in [0.3, 0.4) is 0 Å². The van der Waals surface area contributed by atoms with E-state index in [1.54, 1.807) is 38.1 Å². The monoisotopic (exact) mass is 378 g/mol. The van der Waals surface area contributed by atoms with Crippen molar-refractivity contribution in [2.45, 2.75) is 53.4 Å². The molecule has 0 amide bonds. The summed E-state index contributed by atoms with van der Waals surface area (Å²) >= 11 is -2.06. The number of benzene rings is 2. The predicted octanol–water partition coefficient (Wildman–Crippen LogP) is 5.00. The first-order chi connectivity index (χ1) is 12.1. The van der Waals surface area contributed by atoms with Crippen molar-refractivity contribution in [3.05, 3.63) is 46.5 Å². The quantitative estimate of drug-likeness (QED) is 0.740.